The van der Waals surface area contributed by atoms with Crippen molar-refractivity contribution in [2.45, 2.75) is 12.6 Å². The Morgan fingerprint density at radius 2 is 1.46 bits per heavy atom. The van der Waals surface area contributed by atoms with Crippen molar-refractivity contribution in [3.05, 3.63) is 71.3 Å². The Kier molecular flexibility index (Phi) is 4.57. The SMILES string of the molecule is CN1CCN(Cc2ccccc2)CC(N2C(=O)c3ccccc3C2=O)C1. The van der Waals surface area contributed by atoms with Gasteiger partial charge in [-0.25, -0.2) is 0 Å². The lowest BCUT2D eigenvalue weighted by Gasteiger charge is -2.30. The summed E-state index contributed by atoms with van der Waals surface area (Å²) in [6.45, 7) is 4.08. The fraction of sp³-hybridized carbons (Fsp3) is 0.333. The number of benzene rings is 2. The van der Waals surface area contributed by atoms with E-state index in [1.165, 1.54) is 10.5 Å². The molecular weight excluding hydrogens is 326 g/mol. The predicted molar refractivity (Wildman–Crippen MR) is 99.9 cm³/mol. The third kappa shape index (κ3) is 3.16. The Balaban J connectivity index is 1.57. The van der Waals surface area contributed by atoms with E-state index >= 15 is 0 Å². The van der Waals surface area contributed by atoms with Crippen LogP contribution in [-0.2, 0) is 6.54 Å². The van der Waals surface area contributed by atoms with E-state index in [1.54, 1.807) is 12.1 Å². The number of nitrogens with zero attached hydrogens (tertiary/aromatic N) is 3. The molecule has 2 heterocycles. The zero-order valence-electron chi connectivity index (χ0n) is 15.0. The second-order valence-electron chi connectivity index (χ2n) is 7.16. The molecule has 5 nitrogen and oxygen atoms in total. The highest BCUT2D eigenvalue weighted by molar-refractivity contribution is 6.21. The Labute approximate surface area is 153 Å². The number of hydrogen-bond donors (Lipinski definition) is 0. The molecule has 2 amide bonds. The Bertz CT molecular complexity index is 786. The fourth-order valence-corrected chi connectivity index (χ4v) is 3.90. The van der Waals surface area contributed by atoms with Gasteiger partial charge in [0, 0.05) is 32.7 Å². The summed E-state index contributed by atoms with van der Waals surface area (Å²) in [7, 11) is 2.05. The van der Waals surface area contributed by atoms with Crippen molar-refractivity contribution >= 4 is 11.8 Å². The van der Waals surface area contributed by atoms with Gasteiger partial charge in [0.05, 0.1) is 17.2 Å². The van der Waals surface area contributed by atoms with E-state index in [0.717, 1.165) is 19.6 Å². The smallest absolute Gasteiger partial charge is 0.261 e. The van der Waals surface area contributed by atoms with Crippen LogP contribution in [0.3, 0.4) is 0 Å². The van der Waals surface area contributed by atoms with Crippen LogP contribution in [0.15, 0.2) is 54.6 Å². The van der Waals surface area contributed by atoms with Crippen LogP contribution in [0.5, 0.6) is 0 Å². The van der Waals surface area contributed by atoms with Gasteiger partial charge in [0.1, 0.15) is 0 Å². The molecule has 0 N–H and O–H groups in total. The van der Waals surface area contributed by atoms with Crippen LogP contribution in [0.4, 0.5) is 0 Å². The minimum absolute atomic E-state index is 0.140. The molecule has 2 aromatic carbocycles. The van der Waals surface area contributed by atoms with Crippen molar-refractivity contribution in [1.82, 2.24) is 14.7 Å². The van der Waals surface area contributed by atoms with E-state index in [2.05, 4.69) is 29.0 Å². The maximum Gasteiger partial charge on any atom is 0.261 e. The van der Waals surface area contributed by atoms with Gasteiger partial charge in [-0.2, -0.15) is 0 Å². The highest BCUT2D eigenvalue weighted by Gasteiger charge is 2.41. The number of carbonyl (C=O) groups is 2. The van der Waals surface area contributed by atoms with E-state index in [4.69, 9.17) is 0 Å². The normalized spacial score (nSPS) is 21.7. The maximum absolute atomic E-state index is 12.9. The molecule has 1 saturated heterocycles. The number of fused-ring (bicyclic) bond motifs is 1. The van der Waals surface area contributed by atoms with Crippen LogP contribution in [-0.4, -0.2) is 65.8 Å². The van der Waals surface area contributed by atoms with Crippen LogP contribution in [0, 0.1) is 0 Å². The summed E-state index contributed by atoms with van der Waals surface area (Å²) in [5.41, 5.74) is 2.30. The van der Waals surface area contributed by atoms with Gasteiger partial charge >= 0.3 is 0 Å². The van der Waals surface area contributed by atoms with Crippen molar-refractivity contribution < 1.29 is 9.59 Å². The zero-order valence-corrected chi connectivity index (χ0v) is 15.0. The number of carbonyl (C=O) groups excluding carboxylic acids is 2. The van der Waals surface area contributed by atoms with Crippen molar-refractivity contribution in [3.63, 3.8) is 0 Å². The van der Waals surface area contributed by atoms with E-state index < -0.39 is 0 Å². The summed E-state index contributed by atoms with van der Waals surface area (Å²) in [5.74, 6) is -0.323. The molecule has 0 radical (unpaired) electrons. The highest BCUT2D eigenvalue weighted by Crippen LogP contribution is 2.26. The first-order valence-electron chi connectivity index (χ1n) is 9.05. The molecule has 0 bridgehead atoms. The van der Waals surface area contributed by atoms with Crippen LogP contribution in [0.25, 0.3) is 0 Å². The predicted octanol–water partition coefficient (Wildman–Crippen LogP) is 2.10. The van der Waals surface area contributed by atoms with Crippen molar-refractivity contribution in [2.75, 3.05) is 33.2 Å². The molecule has 0 saturated carbocycles. The number of likely N-dealkylation sites (N-methyl/N-ethyl adjacent to an activating group) is 1. The molecule has 134 valence electrons. The molecule has 5 heteroatoms. The van der Waals surface area contributed by atoms with Gasteiger partial charge in [-0.3, -0.25) is 19.4 Å². The molecule has 1 atom stereocenters. The maximum atomic E-state index is 12.9. The average molecular weight is 349 g/mol. The van der Waals surface area contributed by atoms with Crippen LogP contribution in [0.2, 0.25) is 0 Å². The van der Waals surface area contributed by atoms with Gasteiger partial charge in [-0.05, 0) is 24.7 Å². The third-order valence-electron chi connectivity index (χ3n) is 5.23. The molecule has 4 rings (SSSR count). The summed E-state index contributed by atoms with van der Waals surface area (Å²) < 4.78 is 0. The van der Waals surface area contributed by atoms with Crippen LogP contribution < -0.4 is 0 Å². The van der Waals surface area contributed by atoms with E-state index in [0.29, 0.717) is 24.2 Å². The molecule has 0 aromatic heterocycles. The molecule has 0 aliphatic carbocycles. The summed E-state index contributed by atoms with van der Waals surface area (Å²) >= 11 is 0. The first-order valence-corrected chi connectivity index (χ1v) is 9.05. The lowest BCUT2D eigenvalue weighted by molar-refractivity contribution is 0.0539. The Morgan fingerprint density at radius 1 is 0.846 bits per heavy atom. The molecule has 2 aromatic rings. The molecule has 1 fully saturated rings. The average Bonchev–Trinajstić information content (AvgIpc) is 2.78. The lowest BCUT2D eigenvalue weighted by atomic mass is 10.1. The molecule has 2 aliphatic rings. The molecule has 2 aliphatic heterocycles. The molecule has 0 spiro atoms. The minimum atomic E-state index is -0.162. The zero-order chi connectivity index (χ0) is 18.1. The Hall–Kier alpha value is -2.50. The van der Waals surface area contributed by atoms with E-state index in [9.17, 15) is 9.59 Å². The first-order chi connectivity index (χ1) is 12.6. The number of amides is 2. The fourth-order valence-electron chi connectivity index (χ4n) is 3.90. The second-order valence-corrected chi connectivity index (χ2v) is 7.16. The van der Waals surface area contributed by atoms with E-state index in [-0.39, 0.29) is 17.9 Å². The van der Waals surface area contributed by atoms with Crippen LogP contribution >= 0.6 is 0 Å². The minimum Gasteiger partial charge on any atom is -0.303 e. The monoisotopic (exact) mass is 349 g/mol. The molecule has 26 heavy (non-hydrogen) atoms. The Morgan fingerprint density at radius 3 is 2.12 bits per heavy atom. The number of rotatable bonds is 3. The van der Waals surface area contributed by atoms with Gasteiger partial charge in [0.2, 0.25) is 0 Å². The number of hydrogen-bond acceptors (Lipinski definition) is 4. The van der Waals surface area contributed by atoms with Crippen molar-refractivity contribution in [1.29, 1.82) is 0 Å². The van der Waals surface area contributed by atoms with Crippen molar-refractivity contribution in [3.8, 4) is 0 Å². The lowest BCUT2D eigenvalue weighted by Crippen LogP contribution is -2.49. The topological polar surface area (TPSA) is 43.9 Å². The van der Waals surface area contributed by atoms with Gasteiger partial charge in [0.15, 0.2) is 0 Å². The third-order valence-corrected chi connectivity index (χ3v) is 5.23. The van der Waals surface area contributed by atoms with Crippen molar-refractivity contribution in [2.24, 2.45) is 0 Å². The first kappa shape index (κ1) is 16.9. The van der Waals surface area contributed by atoms with Gasteiger partial charge in [-0.15, -0.1) is 0 Å². The standard InChI is InChI=1S/C21H23N3O2/c1-22-11-12-23(13-16-7-3-2-4-8-16)15-17(14-22)24-20(25)18-9-5-6-10-19(18)21(24)26/h2-10,17H,11-15H2,1H3. The second kappa shape index (κ2) is 7.02. The largest absolute Gasteiger partial charge is 0.303 e. The summed E-state index contributed by atoms with van der Waals surface area (Å²) in [5, 5.41) is 0. The summed E-state index contributed by atoms with van der Waals surface area (Å²) in [6.07, 6.45) is 0. The van der Waals surface area contributed by atoms with Gasteiger partial charge < -0.3 is 4.90 Å². The number of imide groups is 1. The summed E-state index contributed by atoms with van der Waals surface area (Å²) in [6, 6.07) is 17.3. The molecular formula is C21H23N3O2. The quantitative estimate of drug-likeness (QED) is 0.796. The van der Waals surface area contributed by atoms with Crippen LogP contribution in [0.1, 0.15) is 26.3 Å². The van der Waals surface area contributed by atoms with E-state index in [1.807, 2.05) is 30.3 Å². The van der Waals surface area contributed by atoms with Gasteiger partial charge in [0.25, 0.3) is 11.8 Å². The highest BCUT2D eigenvalue weighted by atomic mass is 16.2. The van der Waals surface area contributed by atoms with Gasteiger partial charge in [-0.1, -0.05) is 42.5 Å². The molecule has 1 unspecified atom stereocenters. The summed E-state index contributed by atoms with van der Waals surface area (Å²) in [4.78, 5) is 31.7.